The second kappa shape index (κ2) is 4.92. The minimum atomic E-state index is -0.256. The van der Waals surface area contributed by atoms with Crippen molar-refractivity contribution in [1.82, 2.24) is 9.97 Å². The van der Waals surface area contributed by atoms with Gasteiger partial charge in [-0.15, -0.1) is 11.3 Å². The van der Waals surface area contributed by atoms with E-state index in [2.05, 4.69) is 20.6 Å². The summed E-state index contributed by atoms with van der Waals surface area (Å²) in [6.45, 7) is 1.87. The van der Waals surface area contributed by atoms with Crippen LogP contribution in [0.25, 0.3) is 0 Å². The van der Waals surface area contributed by atoms with Crippen LogP contribution < -0.4 is 10.6 Å². The lowest BCUT2D eigenvalue weighted by atomic mass is 10.3. The highest BCUT2D eigenvalue weighted by Crippen LogP contribution is 2.20. The maximum Gasteiger partial charge on any atom is 0.278 e. The Morgan fingerprint density at radius 3 is 2.94 bits per heavy atom. The molecule has 2 N–H and O–H groups in total. The molecule has 0 spiro atoms. The fourth-order valence-corrected chi connectivity index (χ4v) is 2.01. The molecule has 0 bridgehead atoms. The molecule has 0 aromatic carbocycles. The van der Waals surface area contributed by atoms with Crippen molar-refractivity contribution in [3.63, 3.8) is 0 Å². The highest BCUT2D eigenvalue weighted by atomic mass is 32.1. The van der Waals surface area contributed by atoms with E-state index >= 15 is 0 Å². The van der Waals surface area contributed by atoms with Crippen molar-refractivity contribution in [3.05, 3.63) is 35.1 Å². The summed E-state index contributed by atoms with van der Waals surface area (Å²) in [5.41, 5.74) is 2.88. The predicted octanol–water partition coefficient (Wildman–Crippen LogP) is 2.14. The van der Waals surface area contributed by atoms with Crippen LogP contribution in [0, 0.1) is 6.92 Å². The van der Waals surface area contributed by atoms with Gasteiger partial charge in [-0.3, -0.25) is 4.79 Å². The largest absolute Gasteiger partial charge is 0.378 e. The fourth-order valence-electron chi connectivity index (χ4n) is 1.37. The molecule has 0 unspecified atom stereocenters. The Bertz CT molecular complexity index is 538. The summed E-state index contributed by atoms with van der Waals surface area (Å²) in [6, 6.07) is 5.46. The first kappa shape index (κ1) is 11.5. The zero-order valence-electron chi connectivity index (χ0n) is 9.52. The van der Waals surface area contributed by atoms with Crippen LogP contribution in [0.2, 0.25) is 0 Å². The lowest BCUT2D eigenvalue weighted by Crippen LogP contribution is -2.14. The van der Waals surface area contributed by atoms with Crippen molar-refractivity contribution < 1.29 is 4.79 Å². The number of hydrogen-bond acceptors (Lipinski definition) is 5. The molecule has 0 fully saturated rings. The number of hydrogen-bond donors (Lipinski definition) is 2. The lowest BCUT2D eigenvalue weighted by Gasteiger charge is -2.04. The van der Waals surface area contributed by atoms with E-state index < -0.39 is 0 Å². The number of carbonyl (C=O) groups is 1. The maximum atomic E-state index is 11.9. The average molecular weight is 248 g/mol. The molecule has 0 aliphatic heterocycles. The third-order valence-corrected chi connectivity index (χ3v) is 2.98. The first-order valence-corrected chi connectivity index (χ1v) is 5.95. The third-order valence-electron chi connectivity index (χ3n) is 2.14. The molecule has 0 saturated heterocycles. The standard InChI is InChI=1S/C11H12N4OS/c1-7-4-3-5-8(14-7)15-10(16)9-11(12-2)17-6-13-9/h3-6,12H,1-2H3,(H,14,15,16). The van der Waals surface area contributed by atoms with Crippen molar-refractivity contribution in [2.75, 3.05) is 17.7 Å². The van der Waals surface area contributed by atoms with Gasteiger partial charge in [-0.05, 0) is 19.1 Å². The van der Waals surface area contributed by atoms with Gasteiger partial charge in [0.15, 0.2) is 5.69 Å². The Morgan fingerprint density at radius 2 is 2.24 bits per heavy atom. The Morgan fingerprint density at radius 1 is 1.41 bits per heavy atom. The number of thiazole rings is 1. The van der Waals surface area contributed by atoms with Gasteiger partial charge in [-0.1, -0.05) is 6.07 Å². The smallest absolute Gasteiger partial charge is 0.278 e. The molecular formula is C11H12N4OS. The van der Waals surface area contributed by atoms with Crippen molar-refractivity contribution in [1.29, 1.82) is 0 Å². The summed E-state index contributed by atoms with van der Waals surface area (Å²) in [7, 11) is 1.76. The molecule has 0 radical (unpaired) electrons. The van der Waals surface area contributed by atoms with Crippen LogP contribution in [0.15, 0.2) is 23.7 Å². The van der Waals surface area contributed by atoms with Gasteiger partial charge in [0.25, 0.3) is 5.91 Å². The monoisotopic (exact) mass is 248 g/mol. The van der Waals surface area contributed by atoms with Gasteiger partial charge in [-0.25, -0.2) is 9.97 Å². The molecule has 6 heteroatoms. The van der Waals surface area contributed by atoms with E-state index in [1.54, 1.807) is 18.6 Å². The second-order valence-corrected chi connectivity index (χ2v) is 4.25. The molecule has 5 nitrogen and oxygen atoms in total. The quantitative estimate of drug-likeness (QED) is 0.873. The number of aryl methyl sites for hydroxylation is 1. The van der Waals surface area contributed by atoms with Gasteiger partial charge in [-0.2, -0.15) is 0 Å². The van der Waals surface area contributed by atoms with E-state index in [1.807, 2.05) is 19.1 Å². The van der Waals surface area contributed by atoms with E-state index in [0.29, 0.717) is 11.5 Å². The van der Waals surface area contributed by atoms with Crippen LogP contribution in [0.3, 0.4) is 0 Å². The number of nitrogens with one attached hydrogen (secondary N) is 2. The van der Waals surface area contributed by atoms with Gasteiger partial charge in [0.1, 0.15) is 10.8 Å². The Labute approximate surface area is 103 Å². The number of amides is 1. The molecule has 2 rings (SSSR count). The molecule has 2 heterocycles. The van der Waals surface area contributed by atoms with Crippen molar-refractivity contribution in [3.8, 4) is 0 Å². The molecule has 1 amide bonds. The number of pyridine rings is 1. The van der Waals surface area contributed by atoms with Gasteiger partial charge in [0.05, 0.1) is 5.51 Å². The number of nitrogens with zero attached hydrogens (tertiary/aromatic N) is 2. The molecule has 0 saturated carbocycles. The average Bonchev–Trinajstić information content (AvgIpc) is 2.77. The van der Waals surface area contributed by atoms with E-state index in [-0.39, 0.29) is 5.91 Å². The topological polar surface area (TPSA) is 66.9 Å². The number of rotatable bonds is 3. The number of aromatic nitrogens is 2. The van der Waals surface area contributed by atoms with Crippen LogP contribution in [-0.4, -0.2) is 22.9 Å². The van der Waals surface area contributed by atoms with Crippen LogP contribution in [-0.2, 0) is 0 Å². The summed E-state index contributed by atoms with van der Waals surface area (Å²) in [5, 5.41) is 6.39. The normalized spacial score (nSPS) is 10.0. The molecule has 0 aliphatic carbocycles. The third kappa shape index (κ3) is 2.59. The Balaban J connectivity index is 2.17. The first-order chi connectivity index (χ1) is 8.20. The molecule has 2 aromatic rings. The minimum absolute atomic E-state index is 0.256. The van der Waals surface area contributed by atoms with Crippen LogP contribution in [0.4, 0.5) is 10.8 Å². The molecule has 17 heavy (non-hydrogen) atoms. The fraction of sp³-hybridized carbons (Fsp3) is 0.182. The van der Waals surface area contributed by atoms with E-state index in [0.717, 1.165) is 10.7 Å². The van der Waals surface area contributed by atoms with Gasteiger partial charge >= 0.3 is 0 Å². The van der Waals surface area contributed by atoms with E-state index in [4.69, 9.17) is 0 Å². The summed E-state index contributed by atoms with van der Waals surface area (Å²) >= 11 is 1.39. The minimum Gasteiger partial charge on any atom is -0.378 e. The molecule has 88 valence electrons. The number of carbonyl (C=O) groups excluding carboxylic acids is 1. The molecular weight excluding hydrogens is 236 g/mol. The Hall–Kier alpha value is -1.95. The zero-order valence-corrected chi connectivity index (χ0v) is 10.3. The van der Waals surface area contributed by atoms with Crippen LogP contribution in [0.5, 0.6) is 0 Å². The molecule has 0 aliphatic rings. The SMILES string of the molecule is CNc1scnc1C(=O)Nc1cccc(C)n1. The van der Waals surface area contributed by atoms with Gasteiger partial charge in [0, 0.05) is 12.7 Å². The van der Waals surface area contributed by atoms with Crippen LogP contribution in [0.1, 0.15) is 16.2 Å². The van der Waals surface area contributed by atoms with Crippen LogP contribution >= 0.6 is 11.3 Å². The molecule has 0 atom stereocenters. The highest BCUT2D eigenvalue weighted by molar-refractivity contribution is 7.14. The zero-order chi connectivity index (χ0) is 12.3. The predicted molar refractivity (Wildman–Crippen MR) is 68.6 cm³/mol. The summed E-state index contributed by atoms with van der Waals surface area (Å²) in [5.74, 6) is 0.277. The van der Waals surface area contributed by atoms with E-state index in [1.165, 1.54) is 11.3 Å². The maximum absolute atomic E-state index is 11.9. The number of anilines is 2. The highest BCUT2D eigenvalue weighted by Gasteiger charge is 2.14. The van der Waals surface area contributed by atoms with E-state index in [9.17, 15) is 4.79 Å². The molecule has 2 aromatic heterocycles. The van der Waals surface area contributed by atoms with Crippen molar-refractivity contribution in [2.45, 2.75) is 6.92 Å². The summed E-state index contributed by atoms with van der Waals surface area (Å²) < 4.78 is 0. The van der Waals surface area contributed by atoms with Gasteiger partial charge < -0.3 is 10.6 Å². The van der Waals surface area contributed by atoms with Crippen molar-refractivity contribution >= 4 is 28.1 Å². The van der Waals surface area contributed by atoms with Gasteiger partial charge in [0.2, 0.25) is 0 Å². The summed E-state index contributed by atoms with van der Waals surface area (Å²) in [6.07, 6.45) is 0. The summed E-state index contributed by atoms with van der Waals surface area (Å²) in [4.78, 5) is 20.1. The first-order valence-electron chi connectivity index (χ1n) is 5.07. The van der Waals surface area contributed by atoms with Crippen molar-refractivity contribution in [2.24, 2.45) is 0 Å². The second-order valence-electron chi connectivity index (χ2n) is 3.40. The Kier molecular flexibility index (Phi) is 3.34. The lowest BCUT2D eigenvalue weighted by molar-refractivity contribution is 0.102.